The molecule has 1 N–H and O–H groups in total. The van der Waals surface area contributed by atoms with Gasteiger partial charge in [-0.2, -0.15) is 13.2 Å². The number of non-ortho nitro benzene ring substituents is 1. The van der Waals surface area contributed by atoms with Crippen LogP contribution in [0.25, 0.3) is 0 Å². The van der Waals surface area contributed by atoms with Crippen LogP contribution in [0.5, 0.6) is 0 Å². The summed E-state index contributed by atoms with van der Waals surface area (Å²) in [7, 11) is -5.83. The molecule has 20 heavy (non-hydrogen) atoms. The molecule has 11 heteroatoms. The Hall–Kier alpha value is -2.17. The maximum absolute atomic E-state index is 12.5. The van der Waals surface area contributed by atoms with E-state index in [4.69, 9.17) is 0 Å². The van der Waals surface area contributed by atoms with Gasteiger partial charge in [-0.05, 0) is 6.07 Å². The predicted molar refractivity (Wildman–Crippen MR) is 60.6 cm³/mol. The Morgan fingerprint density at radius 2 is 1.90 bits per heavy atom. The molecule has 1 aromatic rings. The molecule has 0 spiro atoms. The van der Waals surface area contributed by atoms with Crippen LogP contribution in [0.3, 0.4) is 0 Å². The van der Waals surface area contributed by atoms with Crippen molar-refractivity contribution in [3.05, 3.63) is 28.3 Å². The number of rotatable bonds is 3. The molecule has 0 unspecified atom stereocenters. The van der Waals surface area contributed by atoms with Gasteiger partial charge in [-0.3, -0.25) is 14.9 Å². The number of nitro groups is 1. The number of amides is 1. The van der Waals surface area contributed by atoms with Crippen molar-refractivity contribution in [1.82, 2.24) is 0 Å². The number of sulfone groups is 1. The van der Waals surface area contributed by atoms with Gasteiger partial charge in [0, 0.05) is 19.1 Å². The molecule has 0 aliphatic heterocycles. The average Bonchev–Trinajstić information content (AvgIpc) is 2.26. The molecule has 1 rings (SSSR count). The zero-order chi connectivity index (χ0) is 15.7. The minimum absolute atomic E-state index is 0.244. The zero-order valence-corrected chi connectivity index (χ0v) is 10.6. The third-order valence-corrected chi connectivity index (χ3v) is 3.61. The first-order valence-electron chi connectivity index (χ1n) is 4.84. The molecule has 1 amide bonds. The van der Waals surface area contributed by atoms with Crippen LogP contribution in [0, 0.1) is 10.1 Å². The van der Waals surface area contributed by atoms with Crippen LogP contribution in [-0.4, -0.2) is 24.8 Å². The number of hydrogen-bond acceptors (Lipinski definition) is 5. The molecule has 0 saturated carbocycles. The normalized spacial score (nSPS) is 12.0. The molecule has 1 aromatic carbocycles. The smallest absolute Gasteiger partial charge is 0.325 e. The molecule has 7 nitrogen and oxygen atoms in total. The van der Waals surface area contributed by atoms with Crippen molar-refractivity contribution in [2.75, 3.05) is 5.32 Å². The second-order valence-corrected chi connectivity index (χ2v) is 5.48. The lowest BCUT2D eigenvalue weighted by molar-refractivity contribution is -0.385. The fourth-order valence-corrected chi connectivity index (χ4v) is 2.20. The van der Waals surface area contributed by atoms with Gasteiger partial charge in [-0.25, -0.2) is 8.42 Å². The van der Waals surface area contributed by atoms with Crippen molar-refractivity contribution >= 4 is 27.1 Å². The lowest BCUT2D eigenvalue weighted by Gasteiger charge is -2.12. The van der Waals surface area contributed by atoms with Crippen LogP contribution in [-0.2, 0) is 14.6 Å². The summed E-state index contributed by atoms with van der Waals surface area (Å²) < 4.78 is 60.2. The highest BCUT2D eigenvalue weighted by atomic mass is 32.2. The Kier molecular flexibility index (Phi) is 4.03. The first-order valence-corrected chi connectivity index (χ1v) is 6.32. The molecular formula is C9H7F3N2O5S. The Morgan fingerprint density at radius 3 is 2.30 bits per heavy atom. The fraction of sp³-hybridized carbons (Fsp3) is 0.222. The Balaban J connectivity index is 3.59. The van der Waals surface area contributed by atoms with E-state index < -0.39 is 42.4 Å². The average molecular weight is 312 g/mol. The van der Waals surface area contributed by atoms with Gasteiger partial charge in [0.2, 0.25) is 5.91 Å². The highest BCUT2D eigenvalue weighted by Crippen LogP contribution is 2.36. The maximum atomic E-state index is 12.5. The predicted octanol–water partition coefficient (Wildman–Crippen LogP) is 1.85. The van der Waals surface area contributed by atoms with Crippen LogP contribution in [0.15, 0.2) is 23.1 Å². The van der Waals surface area contributed by atoms with Gasteiger partial charge in [0.1, 0.15) is 4.90 Å². The molecule has 0 aromatic heterocycles. The number of nitro benzene ring substituents is 1. The van der Waals surface area contributed by atoms with Crippen molar-refractivity contribution in [2.24, 2.45) is 0 Å². The minimum Gasteiger partial charge on any atom is -0.325 e. The minimum atomic E-state index is -5.83. The van der Waals surface area contributed by atoms with Gasteiger partial charge in [0.15, 0.2) is 0 Å². The topological polar surface area (TPSA) is 106 Å². The molecule has 0 saturated heterocycles. The van der Waals surface area contributed by atoms with Gasteiger partial charge in [0.05, 0.1) is 10.6 Å². The van der Waals surface area contributed by atoms with Crippen molar-refractivity contribution in [2.45, 2.75) is 17.3 Å². The van der Waals surface area contributed by atoms with E-state index in [0.29, 0.717) is 0 Å². The monoisotopic (exact) mass is 312 g/mol. The van der Waals surface area contributed by atoms with E-state index in [1.54, 1.807) is 0 Å². The highest BCUT2D eigenvalue weighted by Gasteiger charge is 2.48. The number of benzene rings is 1. The largest absolute Gasteiger partial charge is 0.501 e. The lowest BCUT2D eigenvalue weighted by Crippen LogP contribution is -2.25. The summed E-state index contributed by atoms with van der Waals surface area (Å²) in [5.74, 6) is -0.822. The number of alkyl halides is 3. The Morgan fingerprint density at radius 1 is 1.35 bits per heavy atom. The van der Waals surface area contributed by atoms with E-state index in [-0.39, 0.29) is 6.07 Å². The molecule has 0 atom stereocenters. The van der Waals surface area contributed by atoms with Crippen molar-refractivity contribution < 1.29 is 31.3 Å². The number of nitrogens with one attached hydrogen (secondary N) is 1. The number of nitrogens with zero attached hydrogens (tertiary/aromatic N) is 1. The Labute approximate surface area is 110 Å². The van der Waals surface area contributed by atoms with E-state index >= 15 is 0 Å². The molecular weight excluding hydrogens is 305 g/mol. The third kappa shape index (κ3) is 3.04. The van der Waals surface area contributed by atoms with E-state index in [1.165, 1.54) is 0 Å². The van der Waals surface area contributed by atoms with Crippen LogP contribution in [0.1, 0.15) is 6.92 Å². The standard InChI is InChI=1S/C9H7F3N2O5S/c1-5(15)13-7-3-2-6(14(16)17)4-8(7)20(18,19)9(10,11)12/h2-4H,1H3,(H,13,15). The van der Waals surface area contributed by atoms with Crippen LogP contribution < -0.4 is 5.32 Å². The first kappa shape index (κ1) is 15.9. The third-order valence-electron chi connectivity index (χ3n) is 2.08. The van der Waals surface area contributed by atoms with Crippen molar-refractivity contribution in [3.63, 3.8) is 0 Å². The maximum Gasteiger partial charge on any atom is 0.501 e. The molecule has 0 fully saturated rings. The van der Waals surface area contributed by atoms with Crippen LogP contribution in [0.4, 0.5) is 24.5 Å². The number of halogens is 3. The van der Waals surface area contributed by atoms with Crippen LogP contribution in [0.2, 0.25) is 0 Å². The van der Waals surface area contributed by atoms with Gasteiger partial charge < -0.3 is 5.32 Å². The van der Waals surface area contributed by atoms with E-state index in [2.05, 4.69) is 0 Å². The highest BCUT2D eigenvalue weighted by molar-refractivity contribution is 7.92. The van der Waals surface area contributed by atoms with Crippen molar-refractivity contribution in [3.8, 4) is 0 Å². The second kappa shape index (κ2) is 5.07. The summed E-state index contributed by atoms with van der Waals surface area (Å²) in [4.78, 5) is 18.9. The summed E-state index contributed by atoms with van der Waals surface area (Å²) in [6, 6.07) is 1.74. The number of carbonyl (C=O) groups excluding carboxylic acids is 1. The molecule has 0 aliphatic carbocycles. The fourth-order valence-electron chi connectivity index (χ4n) is 1.26. The quantitative estimate of drug-likeness (QED) is 0.677. The van der Waals surface area contributed by atoms with E-state index in [0.717, 1.165) is 19.1 Å². The summed E-state index contributed by atoms with van der Waals surface area (Å²) in [5.41, 5.74) is -7.17. The zero-order valence-electron chi connectivity index (χ0n) is 9.76. The van der Waals surface area contributed by atoms with Gasteiger partial charge >= 0.3 is 5.51 Å². The van der Waals surface area contributed by atoms with Gasteiger partial charge in [-0.1, -0.05) is 0 Å². The van der Waals surface area contributed by atoms with E-state index in [9.17, 15) is 36.5 Å². The van der Waals surface area contributed by atoms with Gasteiger partial charge in [0.25, 0.3) is 15.5 Å². The van der Waals surface area contributed by atoms with Gasteiger partial charge in [-0.15, -0.1) is 0 Å². The molecule has 0 aliphatic rings. The number of hydrogen-bond donors (Lipinski definition) is 1. The van der Waals surface area contributed by atoms with Crippen LogP contribution >= 0.6 is 0 Å². The number of carbonyl (C=O) groups is 1. The molecule has 0 radical (unpaired) electrons. The number of anilines is 1. The second-order valence-electron chi connectivity index (χ2n) is 3.57. The summed E-state index contributed by atoms with van der Waals surface area (Å²) in [6.07, 6.45) is 0. The summed E-state index contributed by atoms with van der Waals surface area (Å²) in [6.45, 7) is 0.950. The Bertz CT molecular complexity index is 669. The molecule has 0 heterocycles. The molecule has 110 valence electrons. The lowest BCUT2D eigenvalue weighted by atomic mass is 10.3. The SMILES string of the molecule is CC(=O)Nc1ccc([N+](=O)[O-])cc1S(=O)(=O)C(F)(F)F. The summed E-state index contributed by atoms with van der Waals surface area (Å²) in [5, 5.41) is 12.4. The summed E-state index contributed by atoms with van der Waals surface area (Å²) >= 11 is 0. The van der Waals surface area contributed by atoms with Crippen molar-refractivity contribution in [1.29, 1.82) is 0 Å². The van der Waals surface area contributed by atoms with E-state index in [1.807, 2.05) is 5.32 Å². The molecule has 0 bridgehead atoms. The first-order chi connectivity index (χ1) is 8.96.